The number of benzene rings is 1. The predicted molar refractivity (Wildman–Crippen MR) is 101 cm³/mol. The zero-order valence-corrected chi connectivity index (χ0v) is 18.6. The molecule has 0 spiro atoms. The highest BCUT2D eigenvalue weighted by atomic mass is 28.2. The average Bonchev–Trinajstić information content (AvgIpc) is 2.65. The number of halogens is 5. The molecule has 156 valence electrons. The van der Waals surface area contributed by atoms with Gasteiger partial charge in [-0.05, 0) is 33.1 Å². The fraction of sp³-hybridized carbons (Fsp3) is 0.700. The first-order valence-electron chi connectivity index (χ1n) is 9.76. The lowest BCUT2D eigenvalue weighted by Crippen LogP contribution is -2.22. The summed E-state index contributed by atoms with van der Waals surface area (Å²) in [5, 5.41) is 0. The quantitative estimate of drug-likeness (QED) is 0.129. The van der Waals surface area contributed by atoms with Crippen LogP contribution in [-0.4, -0.2) is 16.1 Å². The SMILES string of the molecule is CC(C)(CCCCCCCCCCCc1c(F)c(F)c(F)c(F)c1F)O[SiH3]. The fourth-order valence-electron chi connectivity index (χ4n) is 3.06. The third kappa shape index (κ3) is 7.90. The van der Waals surface area contributed by atoms with E-state index < -0.39 is 34.6 Å². The maximum absolute atomic E-state index is 13.5. The second-order valence-electron chi connectivity index (χ2n) is 7.69. The van der Waals surface area contributed by atoms with Crippen LogP contribution in [0.15, 0.2) is 0 Å². The monoisotopic (exact) mass is 410 g/mol. The number of hydrogen-bond donors (Lipinski definition) is 0. The Morgan fingerprint density at radius 2 is 1.00 bits per heavy atom. The Balaban J connectivity index is 2.14. The number of unbranched alkanes of at least 4 members (excludes halogenated alkanes) is 8. The molecule has 0 atom stereocenters. The van der Waals surface area contributed by atoms with Crippen LogP contribution in [0.5, 0.6) is 0 Å². The Kier molecular flexibility index (Phi) is 10.5. The molecule has 0 bridgehead atoms. The Morgan fingerprint density at radius 3 is 1.44 bits per heavy atom. The molecule has 27 heavy (non-hydrogen) atoms. The summed E-state index contributed by atoms with van der Waals surface area (Å²) < 4.78 is 71.8. The second kappa shape index (κ2) is 11.8. The van der Waals surface area contributed by atoms with Crippen molar-refractivity contribution in [2.24, 2.45) is 0 Å². The molecule has 0 N–H and O–H groups in total. The zero-order valence-electron chi connectivity index (χ0n) is 16.6. The van der Waals surface area contributed by atoms with Crippen molar-refractivity contribution in [1.29, 1.82) is 0 Å². The van der Waals surface area contributed by atoms with Crippen LogP contribution >= 0.6 is 0 Å². The molecule has 1 aromatic rings. The van der Waals surface area contributed by atoms with Crippen molar-refractivity contribution >= 4 is 10.5 Å². The Morgan fingerprint density at radius 1 is 0.630 bits per heavy atom. The summed E-state index contributed by atoms with van der Waals surface area (Å²) in [7, 11) is 0.762. The van der Waals surface area contributed by atoms with Crippen molar-refractivity contribution < 1.29 is 26.4 Å². The molecule has 0 heterocycles. The molecular weight excluding hydrogens is 379 g/mol. The summed E-state index contributed by atoms with van der Waals surface area (Å²) in [6.07, 6.45) is 9.77. The highest BCUT2D eigenvalue weighted by Crippen LogP contribution is 2.25. The normalized spacial score (nSPS) is 12.1. The van der Waals surface area contributed by atoms with E-state index in [0.717, 1.165) is 49.0 Å². The summed E-state index contributed by atoms with van der Waals surface area (Å²) >= 11 is 0. The van der Waals surface area contributed by atoms with Gasteiger partial charge in [-0.1, -0.05) is 51.4 Å². The molecule has 0 unspecified atom stereocenters. The standard InChI is InChI=1S/C20H31F5OSi/c1-20(2,26-27)13-11-9-7-5-3-4-6-8-10-12-14-15(21)17(23)19(25)18(24)16(14)22/h3-13H2,1-2,27H3. The lowest BCUT2D eigenvalue weighted by atomic mass is 9.99. The first-order valence-corrected chi connectivity index (χ1v) is 10.6. The van der Waals surface area contributed by atoms with Gasteiger partial charge in [0.1, 0.15) is 10.5 Å². The highest BCUT2D eigenvalue weighted by molar-refractivity contribution is 5.98. The molecule has 0 aliphatic heterocycles. The smallest absolute Gasteiger partial charge is 0.200 e. The van der Waals surface area contributed by atoms with Crippen molar-refractivity contribution in [2.45, 2.75) is 90.1 Å². The second-order valence-corrected chi connectivity index (χ2v) is 8.10. The van der Waals surface area contributed by atoms with Gasteiger partial charge in [-0.15, -0.1) is 0 Å². The van der Waals surface area contributed by atoms with Gasteiger partial charge in [-0.3, -0.25) is 0 Å². The molecular formula is C20H31F5OSi. The average molecular weight is 411 g/mol. The Hall–Kier alpha value is -0.953. The molecule has 0 radical (unpaired) electrons. The zero-order chi connectivity index (χ0) is 20.4. The molecule has 0 aromatic heterocycles. The van der Waals surface area contributed by atoms with E-state index >= 15 is 0 Å². The van der Waals surface area contributed by atoms with Crippen LogP contribution in [0, 0.1) is 29.1 Å². The van der Waals surface area contributed by atoms with Crippen LogP contribution in [0.2, 0.25) is 0 Å². The lowest BCUT2D eigenvalue weighted by Gasteiger charge is -2.23. The van der Waals surface area contributed by atoms with Crippen molar-refractivity contribution in [2.75, 3.05) is 0 Å². The minimum Gasteiger partial charge on any atom is -0.423 e. The summed E-state index contributed by atoms with van der Waals surface area (Å²) in [6.45, 7) is 4.24. The fourth-order valence-corrected chi connectivity index (χ4v) is 3.27. The van der Waals surface area contributed by atoms with Crippen molar-refractivity contribution in [3.63, 3.8) is 0 Å². The molecule has 0 aliphatic rings. The van der Waals surface area contributed by atoms with Gasteiger partial charge in [0.05, 0.1) is 0 Å². The molecule has 0 aliphatic carbocycles. The van der Waals surface area contributed by atoms with E-state index in [2.05, 4.69) is 13.8 Å². The lowest BCUT2D eigenvalue weighted by molar-refractivity contribution is 0.109. The van der Waals surface area contributed by atoms with Gasteiger partial charge < -0.3 is 4.43 Å². The van der Waals surface area contributed by atoms with E-state index in [1.807, 2.05) is 0 Å². The first-order chi connectivity index (χ1) is 12.7. The molecule has 0 saturated heterocycles. The van der Waals surface area contributed by atoms with E-state index in [-0.39, 0.29) is 12.0 Å². The molecule has 1 aromatic carbocycles. The summed E-state index contributed by atoms with van der Waals surface area (Å²) in [5.41, 5.74) is -0.699. The first kappa shape index (κ1) is 24.1. The van der Waals surface area contributed by atoms with Crippen LogP contribution < -0.4 is 0 Å². The van der Waals surface area contributed by atoms with Gasteiger partial charge in [0.15, 0.2) is 23.3 Å². The molecule has 0 saturated carbocycles. The van der Waals surface area contributed by atoms with Gasteiger partial charge >= 0.3 is 0 Å². The summed E-state index contributed by atoms with van der Waals surface area (Å²) in [6, 6.07) is 0. The maximum atomic E-state index is 13.5. The third-order valence-electron chi connectivity index (χ3n) is 5.06. The van der Waals surface area contributed by atoms with Gasteiger partial charge in [0.2, 0.25) is 5.82 Å². The van der Waals surface area contributed by atoms with E-state index in [0.29, 0.717) is 12.8 Å². The van der Waals surface area contributed by atoms with Crippen molar-refractivity contribution in [3.8, 4) is 0 Å². The minimum absolute atomic E-state index is 0.00151. The van der Waals surface area contributed by atoms with Crippen LogP contribution in [0.4, 0.5) is 22.0 Å². The van der Waals surface area contributed by atoms with E-state index in [1.165, 1.54) is 12.8 Å². The minimum atomic E-state index is -2.10. The van der Waals surface area contributed by atoms with Gasteiger partial charge in [-0.2, -0.15) is 0 Å². The van der Waals surface area contributed by atoms with E-state index in [9.17, 15) is 22.0 Å². The van der Waals surface area contributed by atoms with Gasteiger partial charge in [0, 0.05) is 11.2 Å². The molecule has 1 rings (SSSR count). The van der Waals surface area contributed by atoms with Crippen LogP contribution in [0.1, 0.15) is 83.6 Å². The molecule has 1 nitrogen and oxygen atoms in total. The predicted octanol–water partition coefficient (Wildman–Crippen LogP) is 5.90. The summed E-state index contributed by atoms with van der Waals surface area (Å²) in [4.78, 5) is 0. The largest absolute Gasteiger partial charge is 0.423 e. The van der Waals surface area contributed by atoms with Crippen molar-refractivity contribution in [3.05, 3.63) is 34.6 Å². The van der Waals surface area contributed by atoms with Crippen LogP contribution in [0.25, 0.3) is 0 Å². The topological polar surface area (TPSA) is 9.23 Å². The van der Waals surface area contributed by atoms with E-state index in [4.69, 9.17) is 4.43 Å². The molecule has 7 heteroatoms. The molecule has 0 amide bonds. The van der Waals surface area contributed by atoms with Gasteiger partial charge in [0.25, 0.3) is 0 Å². The van der Waals surface area contributed by atoms with E-state index in [1.54, 1.807) is 0 Å². The Bertz CT molecular complexity index is 563. The Labute approximate surface area is 162 Å². The number of rotatable bonds is 13. The van der Waals surface area contributed by atoms with Crippen LogP contribution in [0.3, 0.4) is 0 Å². The maximum Gasteiger partial charge on any atom is 0.200 e. The highest BCUT2D eigenvalue weighted by Gasteiger charge is 2.25. The number of hydrogen-bond acceptors (Lipinski definition) is 1. The summed E-state index contributed by atoms with van der Waals surface area (Å²) in [5.74, 6) is -9.23. The van der Waals surface area contributed by atoms with Crippen molar-refractivity contribution in [1.82, 2.24) is 0 Å². The van der Waals surface area contributed by atoms with Gasteiger partial charge in [-0.25, -0.2) is 22.0 Å². The van der Waals surface area contributed by atoms with Crippen LogP contribution in [-0.2, 0) is 10.8 Å². The molecule has 0 fully saturated rings. The third-order valence-corrected chi connectivity index (χ3v) is 6.16.